The van der Waals surface area contributed by atoms with E-state index in [0.29, 0.717) is 11.6 Å². The SMILES string of the molecule is Cc1nn(C)c(Cl)c1C1CCCN1Cc1ccc(C#N)cc1. The van der Waals surface area contributed by atoms with Crippen molar-refractivity contribution in [2.75, 3.05) is 6.54 Å². The van der Waals surface area contributed by atoms with Crippen LogP contribution in [-0.4, -0.2) is 21.2 Å². The minimum absolute atomic E-state index is 0.330. The van der Waals surface area contributed by atoms with Gasteiger partial charge in [-0.05, 0) is 44.0 Å². The molecule has 2 aromatic rings. The van der Waals surface area contributed by atoms with Crippen molar-refractivity contribution < 1.29 is 0 Å². The first-order valence-electron chi connectivity index (χ1n) is 7.52. The Morgan fingerprint density at radius 1 is 1.36 bits per heavy atom. The third-order valence-electron chi connectivity index (χ3n) is 4.36. The summed E-state index contributed by atoms with van der Waals surface area (Å²) in [6.45, 7) is 3.97. The average Bonchev–Trinajstić information content (AvgIpc) is 3.05. The second-order valence-electron chi connectivity index (χ2n) is 5.85. The highest BCUT2D eigenvalue weighted by Crippen LogP contribution is 2.38. The number of benzene rings is 1. The zero-order valence-electron chi connectivity index (χ0n) is 12.9. The van der Waals surface area contributed by atoms with Gasteiger partial charge in [0, 0.05) is 25.2 Å². The second kappa shape index (κ2) is 6.12. The summed E-state index contributed by atoms with van der Waals surface area (Å²) in [7, 11) is 1.89. The molecule has 1 atom stereocenters. The van der Waals surface area contributed by atoms with Gasteiger partial charge in [-0.2, -0.15) is 10.4 Å². The summed E-state index contributed by atoms with van der Waals surface area (Å²) in [5.74, 6) is 0. The van der Waals surface area contributed by atoms with Crippen LogP contribution in [0.3, 0.4) is 0 Å². The van der Waals surface area contributed by atoms with E-state index in [2.05, 4.69) is 16.1 Å². The molecule has 4 nitrogen and oxygen atoms in total. The minimum Gasteiger partial charge on any atom is -0.292 e. The Morgan fingerprint density at radius 2 is 2.09 bits per heavy atom. The van der Waals surface area contributed by atoms with Crippen molar-refractivity contribution in [1.29, 1.82) is 5.26 Å². The first-order valence-corrected chi connectivity index (χ1v) is 7.90. The van der Waals surface area contributed by atoms with Crippen molar-refractivity contribution in [2.45, 2.75) is 32.4 Å². The number of nitrogens with zero attached hydrogens (tertiary/aromatic N) is 4. The van der Waals surface area contributed by atoms with Crippen LogP contribution < -0.4 is 0 Å². The van der Waals surface area contributed by atoms with Crippen molar-refractivity contribution in [3.63, 3.8) is 0 Å². The summed E-state index contributed by atoms with van der Waals surface area (Å²) < 4.78 is 1.75. The number of likely N-dealkylation sites (tertiary alicyclic amines) is 1. The number of hydrogen-bond acceptors (Lipinski definition) is 3. The Bertz CT molecular complexity index is 711. The number of aryl methyl sites for hydroxylation is 2. The zero-order valence-corrected chi connectivity index (χ0v) is 13.6. The maximum Gasteiger partial charge on any atom is 0.131 e. The lowest BCUT2D eigenvalue weighted by Crippen LogP contribution is -2.23. The number of hydrogen-bond donors (Lipinski definition) is 0. The predicted octanol–water partition coefficient (Wildman–Crippen LogP) is 3.59. The molecule has 1 saturated heterocycles. The summed E-state index contributed by atoms with van der Waals surface area (Å²) in [5.41, 5.74) is 4.11. The maximum atomic E-state index is 8.88. The molecular formula is C17H19ClN4. The van der Waals surface area contributed by atoms with Gasteiger partial charge in [-0.1, -0.05) is 23.7 Å². The van der Waals surface area contributed by atoms with Gasteiger partial charge in [0.25, 0.3) is 0 Å². The molecule has 1 aliphatic rings. The molecule has 114 valence electrons. The standard InChI is InChI=1S/C17H19ClN4/c1-12-16(17(18)21(2)20-12)15-4-3-9-22(15)11-14-7-5-13(10-19)6-8-14/h5-8,15H,3-4,9,11H2,1-2H3. The zero-order chi connectivity index (χ0) is 15.7. The van der Waals surface area contributed by atoms with Gasteiger partial charge in [0.2, 0.25) is 0 Å². The van der Waals surface area contributed by atoms with E-state index in [-0.39, 0.29) is 0 Å². The summed E-state index contributed by atoms with van der Waals surface area (Å²) in [6, 6.07) is 10.3. The first-order chi connectivity index (χ1) is 10.6. The average molecular weight is 315 g/mol. The largest absolute Gasteiger partial charge is 0.292 e. The number of halogens is 1. The van der Waals surface area contributed by atoms with Gasteiger partial charge in [-0.25, -0.2) is 0 Å². The molecule has 0 saturated carbocycles. The highest BCUT2D eigenvalue weighted by atomic mass is 35.5. The van der Waals surface area contributed by atoms with E-state index in [0.717, 1.165) is 35.9 Å². The summed E-state index contributed by atoms with van der Waals surface area (Å²) in [5, 5.41) is 14.1. The van der Waals surface area contributed by atoms with Crippen LogP contribution in [0.1, 0.15) is 41.3 Å². The van der Waals surface area contributed by atoms with Gasteiger partial charge in [-0.3, -0.25) is 9.58 Å². The van der Waals surface area contributed by atoms with Crippen LogP contribution in [0.15, 0.2) is 24.3 Å². The van der Waals surface area contributed by atoms with E-state index in [4.69, 9.17) is 16.9 Å². The molecule has 5 heteroatoms. The molecule has 0 N–H and O–H groups in total. The third-order valence-corrected chi connectivity index (χ3v) is 4.81. The fraction of sp³-hybridized carbons (Fsp3) is 0.412. The molecular weight excluding hydrogens is 296 g/mol. The summed E-state index contributed by atoms with van der Waals surface area (Å²) in [6.07, 6.45) is 2.29. The number of rotatable bonds is 3. The van der Waals surface area contributed by atoms with E-state index in [9.17, 15) is 0 Å². The predicted molar refractivity (Wildman–Crippen MR) is 86.5 cm³/mol. The number of aromatic nitrogens is 2. The molecule has 1 aliphatic heterocycles. The first kappa shape index (κ1) is 15.1. The van der Waals surface area contributed by atoms with Crippen LogP contribution in [0.25, 0.3) is 0 Å². The van der Waals surface area contributed by atoms with E-state index >= 15 is 0 Å². The quantitative estimate of drug-likeness (QED) is 0.869. The van der Waals surface area contributed by atoms with Gasteiger partial charge in [0.1, 0.15) is 5.15 Å². The minimum atomic E-state index is 0.330. The van der Waals surface area contributed by atoms with Crippen LogP contribution >= 0.6 is 11.6 Å². The van der Waals surface area contributed by atoms with Gasteiger partial charge in [-0.15, -0.1) is 0 Å². The molecule has 1 fully saturated rings. The molecule has 2 heterocycles. The van der Waals surface area contributed by atoms with Gasteiger partial charge in [0.05, 0.1) is 17.3 Å². The molecule has 1 unspecified atom stereocenters. The van der Waals surface area contributed by atoms with E-state index in [1.165, 1.54) is 12.0 Å². The Labute approximate surface area is 135 Å². The molecule has 3 rings (SSSR count). The lowest BCUT2D eigenvalue weighted by Gasteiger charge is -2.24. The van der Waals surface area contributed by atoms with Crippen molar-refractivity contribution >= 4 is 11.6 Å². The van der Waals surface area contributed by atoms with Crippen LogP contribution in [0.2, 0.25) is 5.15 Å². The highest BCUT2D eigenvalue weighted by Gasteiger charge is 2.30. The van der Waals surface area contributed by atoms with Crippen LogP contribution in [0, 0.1) is 18.3 Å². The second-order valence-corrected chi connectivity index (χ2v) is 6.21. The number of nitriles is 1. The molecule has 0 spiro atoms. The molecule has 0 aliphatic carbocycles. The van der Waals surface area contributed by atoms with Crippen LogP contribution in [0.4, 0.5) is 0 Å². The molecule has 1 aromatic heterocycles. The van der Waals surface area contributed by atoms with Crippen molar-refractivity contribution in [3.8, 4) is 6.07 Å². The topological polar surface area (TPSA) is 44.9 Å². The van der Waals surface area contributed by atoms with Gasteiger partial charge < -0.3 is 0 Å². The Hall–Kier alpha value is -1.83. The molecule has 1 aromatic carbocycles. The Morgan fingerprint density at radius 3 is 2.68 bits per heavy atom. The monoisotopic (exact) mass is 314 g/mol. The van der Waals surface area contributed by atoms with E-state index < -0.39 is 0 Å². The van der Waals surface area contributed by atoms with Gasteiger partial charge in [0.15, 0.2) is 0 Å². The van der Waals surface area contributed by atoms with Gasteiger partial charge >= 0.3 is 0 Å². The van der Waals surface area contributed by atoms with Crippen molar-refractivity contribution in [2.24, 2.45) is 7.05 Å². The maximum absolute atomic E-state index is 8.88. The van der Waals surface area contributed by atoms with E-state index in [1.54, 1.807) is 4.68 Å². The smallest absolute Gasteiger partial charge is 0.131 e. The third kappa shape index (κ3) is 2.75. The van der Waals surface area contributed by atoms with Crippen LogP contribution in [0.5, 0.6) is 0 Å². The molecule has 0 bridgehead atoms. The fourth-order valence-electron chi connectivity index (χ4n) is 3.29. The Balaban J connectivity index is 1.82. The highest BCUT2D eigenvalue weighted by molar-refractivity contribution is 6.30. The van der Waals surface area contributed by atoms with Crippen molar-refractivity contribution in [1.82, 2.24) is 14.7 Å². The molecule has 0 radical (unpaired) electrons. The Kier molecular flexibility index (Phi) is 4.19. The molecule has 0 amide bonds. The summed E-state index contributed by atoms with van der Waals surface area (Å²) >= 11 is 6.44. The van der Waals surface area contributed by atoms with Crippen LogP contribution in [-0.2, 0) is 13.6 Å². The van der Waals surface area contributed by atoms with E-state index in [1.807, 2.05) is 38.2 Å². The normalized spacial score (nSPS) is 18.5. The van der Waals surface area contributed by atoms with Crippen molar-refractivity contribution in [3.05, 3.63) is 51.8 Å². The lowest BCUT2D eigenvalue weighted by molar-refractivity contribution is 0.248. The molecule has 22 heavy (non-hydrogen) atoms. The lowest BCUT2D eigenvalue weighted by atomic mass is 10.0. The summed E-state index contributed by atoms with van der Waals surface area (Å²) in [4.78, 5) is 2.46. The fourth-order valence-corrected chi connectivity index (χ4v) is 3.59.